The molecule has 108 valence electrons. The molecule has 0 aliphatic heterocycles. The number of anilines is 2. The Hall–Kier alpha value is -2.18. The second kappa shape index (κ2) is 6.51. The molecular weight excluding hydrogens is 282 g/mol. The maximum Gasteiger partial charge on any atom is 0.0670 e. The summed E-state index contributed by atoms with van der Waals surface area (Å²) in [5, 5.41) is 9.61. The summed E-state index contributed by atoms with van der Waals surface area (Å²) < 4.78 is 0. The number of halogens is 1. The molecule has 0 aliphatic rings. The highest BCUT2D eigenvalue weighted by atomic mass is 35.5. The van der Waals surface area contributed by atoms with Crippen LogP contribution in [-0.4, -0.2) is 7.05 Å². The van der Waals surface area contributed by atoms with Gasteiger partial charge >= 0.3 is 0 Å². The first-order valence-electron chi connectivity index (χ1n) is 6.77. The van der Waals surface area contributed by atoms with E-state index in [0.717, 1.165) is 21.8 Å². The van der Waals surface area contributed by atoms with Crippen molar-refractivity contribution in [2.45, 2.75) is 19.4 Å². The fourth-order valence-corrected chi connectivity index (χ4v) is 2.59. The van der Waals surface area contributed by atoms with Crippen molar-refractivity contribution in [3.8, 4) is 6.07 Å². The van der Waals surface area contributed by atoms with E-state index in [4.69, 9.17) is 22.6 Å². The van der Waals surface area contributed by atoms with Gasteiger partial charge in [0, 0.05) is 23.4 Å². The summed E-state index contributed by atoms with van der Waals surface area (Å²) in [6, 6.07) is 15.9. The Labute approximate surface area is 130 Å². The average molecular weight is 300 g/mol. The molecule has 2 aromatic carbocycles. The maximum atomic E-state index is 8.86. The Bertz CT molecular complexity index is 676. The van der Waals surface area contributed by atoms with E-state index < -0.39 is 0 Å². The van der Waals surface area contributed by atoms with E-state index in [2.05, 4.69) is 17.9 Å². The van der Waals surface area contributed by atoms with Crippen molar-refractivity contribution in [3.05, 3.63) is 58.6 Å². The Morgan fingerprint density at radius 2 is 2.00 bits per heavy atom. The number of nitriles is 1. The van der Waals surface area contributed by atoms with Crippen LogP contribution in [0.25, 0.3) is 0 Å². The van der Waals surface area contributed by atoms with E-state index in [1.54, 1.807) is 0 Å². The number of rotatable bonds is 4. The Morgan fingerprint density at radius 3 is 2.67 bits per heavy atom. The van der Waals surface area contributed by atoms with Gasteiger partial charge in [0.25, 0.3) is 0 Å². The molecule has 0 fully saturated rings. The molecule has 2 aromatic rings. The lowest BCUT2D eigenvalue weighted by Gasteiger charge is -2.28. The summed E-state index contributed by atoms with van der Waals surface area (Å²) in [5.41, 5.74) is 9.49. The Kier molecular flexibility index (Phi) is 4.72. The zero-order valence-electron chi connectivity index (χ0n) is 12.2. The fourth-order valence-electron chi connectivity index (χ4n) is 2.30. The molecule has 0 saturated carbocycles. The summed E-state index contributed by atoms with van der Waals surface area (Å²) in [7, 11) is 2.01. The highest BCUT2D eigenvalue weighted by molar-refractivity contribution is 6.31. The number of hydrogen-bond donors (Lipinski definition) is 1. The highest BCUT2D eigenvalue weighted by Gasteiger charge is 2.15. The van der Waals surface area contributed by atoms with Gasteiger partial charge in [0.1, 0.15) is 0 Å². The second-order valence-corrected chi connectivity index (χ2v) is 5.43. The van der Waals surface area contributed by atoms with Gasteiger partial charge < -0.3 is 10.6 Å². The number of hydrogen-bond acceptors (Lipinski definition) is 3. The quantitative estimate of drug-likeness (QED) is 0.861. The predicted molar refractivity (Wildman–Crippen MR) is 88.4 cm³/mol. The number of benzene rings is 2. The molecule has 0 bridgehead atoms. The monoisotopic (exact) mass is 299 g/mol. The minimum absolute atomic E-state index is 0.122. The molecule has 1 atom stereocenters. The van der Waals surface area contributed by atoms with Gasteiger partial charge in [-0.15, -0.1) is 0 Å². The van der Waals surface area contributed by atoms with Crippen LogP contribution in [0.4, 0.5) is 11.4 Å². The van der Waals surface area contributed by atoms with Gasteiger partial charge in [0.05, 0.1) is 18.5 Å². The first-order valence-corrected chi connectivity index (χ1v) is 7.15. The maximum absolute atomic E-state index is 8.86. The van der Waals surface area contributed by atoms with Crippen molar-refractivity contribution in [1.82, 2.24) is 0 Å². The largest absolute Gasteiger partial charge is 0.398 e. The summed E-state index contributed by atoms with van der Waals surface area (Å²) in [6.07, 6.45) is 0.313. The molecule has 0 heterocycles. The molecule has 2 rings (SSSR count). The molecule has 3 nitrogen and oxygen atoms in total. The summed E-state index contributed by atoms with van der Waals surface area (Å²) in [6.45, 7) is 2.10. The van der Waals surface area contributed by atoms with Gasteiger partial charge in [-0.25, -0.2) is 0 Å². The standard InChI is InChI=1S/C17H18ClN3/c1-12(15-5-3-4-6-16(15)18)21(2)14-7-8-17(20)13(11-14)9-10-19/h3-8,11-12H,9,20H2,1-2H3. The molecule has 21 heavy (non-hydrogen) atoms. The number of nitrogen functional groups attached to an aromatic ring is 1. The lowest BCUT2D eigenvalue weighted by Crippen LogP contribution is -2.22. The van der Waals surface area contributed by atoms with Crippen LogP contribution in [0.5, 0.6) is 0 Å². The molecule has 0 spiro atoms. The van der Waals surface area contributed by atoms with Crippen LogP contribution in [0, 0.1) is 11.3 Å². The van der Waals surface area contributed by atoms with Crippen LogP contribution in [0.3, 0.4) is 0 Å². The Morgan fingerprint density at radius 1 is 1.29 bits per heavy atom. The van der Waals surface area contributed by atoms with E-state index in [-0.39, 0.29) is 6.04 Å². The topological polar surface area (TPSA) is 53.0 Å². The zero-order chi connectivity index (χ0) is 15.4. The van der Waals surface area contributed by atoms with Crippen molar-refractivity contribution < 1.29 is 0 Å². The smallest absolute Gasteiger partial charge is 0.0670 e. The molecule has 0 amide bonds. The van der Waals surface area contributed by atoms with Gasteiger partial charge in [-0.1, -0.05) is 29.8 Å². The van der Waals surface area contributed by atoms with E-state index in [9.17, 15) is 0 Å². The lowest BCUT2D eigenvalue weighted by atomic mass is 10.0. The van der Waals surface area contributed by atoms with Gasteiger partial charge in [-0.05, 0) is 42.3 Å². The van der Waals surface area contributed by atoms with Crippen molar-refractivity contribution in [3.63, 3.8) is 0 Å². The van der Waals surface area contributed by atoms with Crippen molar-refractivity contribution in [2.24, 2.45) is 0 Å². The normalized spacial score (nSPS) is 11.7. The molecular formula is C17H18ClN3. The third-order valence-electron chi connectivity index (χ3n) is 3.74. The molecule has 0 saturated heterocycles. The van der Waals surface area contributed by atoms with Crippen molar-refractivity contribution >= 4 is 23.0 Å². The van der Waals surface area contributed by atoms with Gasteiger partial charge in [0.2, 0.25) is 0 Å². The fraction of sp³-hybridized carbons (Fsp3) is 0.235. The SMILES string of the molecule is CC(c1ccccc1Cl)N(C)c1ccc(N)c(CC#N)c1. The molecule has 1 unspecified atom stereocenters. The van der Waals surface area contributed by atoms with Crippen LogP contribution < -0.4 is 10.6 Å². The summed E-state index contributed by atoms with van der Waals surface area (Å²) in [5.74, 6) is 0. The van der Waals surface area contributed by atoms with Crippen molar-refractivity contribution in [1.29, 1.82) is 5.26 Å². The number of nitrogens with zero attached hydrogens (tertiary/aromatic N) is 2. The van der Waals surface area contributed by atoms with E-state index in [0.29, 0.717) is 12.1 Å². The third kappa shape index (κ3) is 3.29. The van der Waals surface area contributed by atoms with Gasteiger partial charge in [0.15, 0.2) is 0 Å². The zero-order valence-corrected chi connectivity index (χ0v) is 12.9. The third-order valence-corrected chi connectivity index (χ3v) is 4.08. The minimum atomic E-state index is 0.122. The van der Waals surface area contributed by atoms with E-state index in [1.807, 2.05) is 49.5 Å². The Balaban J connectivity index is 2.32. The molecule has 0 radical (unpaired) electrons. The first-order chi connectivity index (χ1) is 10.0. The second-order valence-electron chi connectivity index (χ2n) is 5.03. The molecule has 4 heteroatoms. The van der Waals surface area contributed by atoms with Gasteiger partial charge in [-0.3, -0.25) is 0 Å². The van der Waals surface area contributed by atoms with Crippen molar-refractivity contribution in [2.75, 3.05) is 17.7 Å². The van der Waals surface area contributed by atoms with Crippen LogP contribution >= 0.6 is 11.6 Å². The van der Waals surface area contributed by atoms with E-state index >= 15 is 0 Å². The molecule has 2 N–H and O–H groups in total. The summed E-state index contributed by atoms with van der Waals surface area (Å²) in [4.78, 5) is 2.13. The minimum Gasteiger partial charge on any atom is -0.398 e. The van der Waals surface area contributed by atoms with Crippen LogP contribution in [0.15, 0.2) is 42.5 Å². The first kappa shape index (κ1) is 15.2. The van der Waals surface area contributed by atoms with Gasteiger partial charge in [-0.2, -0.15) is 5.26 Å². The van der Waals surface area contributed by atoms with Crippen LogP contribution in [-0.2, 0) is 6.42 Å². The lowest BCUT2D eigenvalue weighted by molar-refractivity contribution is 0.740. The number of nitrogens with two attached hydrogens (primary N) is 1. The molecule has 0 aliphatic carbocycles. The average Bonchev–Trinajstić information content (AvgIpc) is 2.49. The van der Waals surface area contributed by atoms with Crippen LogP contribution in [0.1, 0.15) is 24.1 Å². The summed E-state index contributed by atoms with van der Waals surface area (Å²) >= 11 is 6.27. The predicted octanol–water partition coefficient (Wildman–Crippen LogP) is 4.19. The van der Waals surface area contributed by atoms with Crippen LogP contribution in [0.2, 0.25) is 5.02 Å². The highest BCUT2D eigenvalue weighted by Crippen LogP contribution is 2.31. The van der Waals surface area contributed by atoms with E-state index in [1.165, 1.54) is 0 Å². The molecule has 0 aromatic heterocycles.